The minimum Gasteiger partial charge on any atom is -0.772 e. The molecule has 0 fully saturated rings. The topological polar surface area (TPSA) is 140 Å². The molecule has 2 heterocycles. The summed E-state index contributed by atoms with van der Waals surface area (Å²) in [6.07, 6.45) is 2.39. The highest BCUT2D eigenvalue weighted by Crippen LogP contribution is 2.29. The zero-order valence-corrected chi connectivity index (χ0v) is 15.7. The van der Waals surface area contributed by atoms with Crippen molar-refractivity contribution in [1.82, 2.24) is 20.3 Å². The largest absolute Gasteiger partial charge is 0.772 e. The van der Waals surface area contributed by atoms with E-state index in [4.69, 9.17) is 0 Å². The smallest absolute Gasteiger partial charge is 0.344 e. The molecule has 28 heavy (non-hydrogen) atoms. The maximum absolute atomic E-state index is 13.1. The number of aromatic nitrogens is 3. The first-order valence-electron chi connectivity index (χ1n) is 7.80. The molecule has 0 bridgehead atoms. The van der Waals surface area contributed by atoms with Gasteiger partial charge in [-0.2, -0.15) is 0 Å². The Hall–Kier alpha value is -2.96. The van der Waals surface area contributed by atoms with Crippen LogP contribution in [0.15, 0.2) is 46.8 Å². The monoisotopic (exact) mass is 422 g/mol. The fourth-order valence-corrected chi connectivity index (χ4v) is 3.80. The minimum absolute atomic E-state index is 0.109. The number of hydrogen-bond acceptors (Lipinski definition) is 7. The van der Waals surface area contributed by atoms with E-state index in [2.05, 4.69) is 25.6 Å². The summed E-state index contributed by atoms with van der Waals surface area (Å²) >= 11 is -1.54. The molecule has 0 aliphatic carbocycles. The van der Waals surface area contributed by atoms with Crippen molar-refractivity contribution in [3.05, 3.63) is 75.2 Å². The fourth-order valence-electron chi connectivity index (χ4n) is 2.31. The van der Waals surface area contributed by atoms with Crippen LogP contribution in [0.5, 0.6) is 0 Å². The number of carbonyl (C=O) groups excluding carboxylic acids is 1. The van der Waals surface area contributed by atoms with Gasteiger partial charge in [-0.25, -0.2) is 23.9 Å². The van der Waals surface area contributed by atoms with Gasteiger partial charge in [0.1, 0.15) is 5.82 Å². The number of halogens is 1. The molecule has 3 aromatic rings. The van der Waals surface area contributed by atoms with Gasteiger partial charge < -0.3 is 14.9 Å². The summed E-state index contributed by atoms with van der Waals surface area (Å²) < 4.78 is 36.4. The number of nitrogens with one attached hydrogen (secondary N) is 3. The minimum atomic E-state index is -2.57. The third-order valence-electron chi connectivity index (χ3n) is 3.54. The van der Waals surface area contributed by atoms with Crippen LogP contribution < -0.4 is 16.3 Å². The number of nitrogens with zero attached hydrogens (tertiary/aromatic N) is 2. The highest BCUT2D eigenvalue weighted by atomic mass is 32.2. The molecule has 1 aromatic carbocycles. The molecule has 0 radical (unpaired) electrons. The van der Waals surface area contributed by atoms with Gasteiger partial charge in [0, 0.05) is 29.9 Å². The van der Waals surface area contributed by atoms with E-state index in [1.807, 2.05) is 0 Å². The second-order valence-electron chi connectivity index (χ2n) is 5.51. The summed E-state index contributed by atoms with van der Waals surface area (Å²) in [6, 6.07) is 5.22. The van der Waals surface area contributed by atoms with Crippen molar-refractivity contribution in [1.29, 1.82) is 0 Å². The standard InChI is InChI=1S/C16H14FN5O4S2/c17-11-3-1-2-9(4-11)5-18-15(24)22-16-21-12(8-27-16)13(28(25)26)10-6-19-14(23)20-7-10/h1-4,6-8,13H,5H2,(H,25,26)(H,19,20,23)(H2,18,21,22,24)/p-1. The predicted molar refractivity (Wildman–Crippen MR) is 100.0 cm³/mol. The van der Waals surface area contributed by atoms with Crippen LogP contribution in [0.25, 0.3) is 0 Å². The molecular formula is C16H13FN5O4S2-. The van der Waals surface area contributed by atoms with Crippen LogP contribution in [0.2, 0.25) is 0 Å². The number of H-pyrrole nitrogens is 1. The molecule has 3 rings (SSSR count). The summed E-state index contributed by atoms with van der Waals surface area (Å²) in [4.78, 5) is 32.9. The lowest BCUT2D eigenvalue weighted by Gasteiger charge is -2.17. The molecule has 0 spiro atoms. The average molecular weight is 422 g/mol. The molecule has 2 unspecified atom stereocenters. The van der Waals surface area contributed by atoms with Gasteiger partial charge in [-0.1, -0.05) is 12.1 Å². The Morgan fingerprint density at radius 1 is 1.43 bits per heavy atom. The summed E-state index contributed by atoms with van der Waals surface area (Å²) in [5.41, 5.74) is 0.394. The number of anilines is 1. The number of carbonyl (C=O) groups is 1. The van der Waals surface area contributed by atoms with Gasteiger partial charge >= 0.3 is 11.7 Å². The molecule has 0 aliphatic rings. The first-order chi connectivity index (χ1) is 13.4. The second kappa shape index (κ2) is 8.82. The van der Waals surface area contributed by atoms with E-state index >= 15 is 0 Å². The lowest BCUT2D eigenvalue weighted by atomic mass is 10.2. The van der Waals surface area contributed by atoms with Crippen molar-refractivity contribution in [2.45, 2.75) is 11.8 Å². The maximum Gasteiger partial charge on any atom is 0.344 e. The fraction of sp³-hybridized carbons (Fsp3) is 0.125. The second-order valence-corrected chi connectivity index (χ2v) is 7.36. The lowest BCUT2D eigenvalue weighted by molar-refractivity contribution is 0.251. The van der Waals surface area contributed by atoms with Gasteiger partial charge in [-0.05, 0) is 28.8 Å². The number of hydrogen-bond donors (Lipinski definition) is 3. The summed E-state index contributed by atoms with van der Waals surface area (Å²) in [5.74, 6) is -0.405. The van der Waals surface area contributed by atoms with Gasteiger partial charge in [0.15, 0.2) is 5.13 Å². The van der Waals surface area contributed by atoms with Gasteiger partial charge in [0.05, 0.1) is 10.9 Å². The molecule has 2 aromatic heterocycles. The van der Waals surface area contributed by atoms with Crippen molar-refractivity contribution in [3.63, 3.8) is 0 Å². The van der Waals surface area contributed by atoms with E-state index in [9.17, 15) is 22.7 Å². The van der Waals surface area contributed by atoms with Crippen LogP contribution >= 0.6 is 11.3 Å². The number of thiazole rings is 1. The molecule has 3 N–H and O–H groups in total. The number of rotatable bonds is 6. The van der Waals surface area contributed by atoms with Crippen LogP contribution in [0.3, 0.4) is 0 Å². The van der Waals surface area contributed by atoms with Crippen LogP contribution in [0.1, 0.15) is 22.1 Å². The Labute approximate surface area is 164 Å². The Kier molecular flexibility index (Phi) is 6.23. The Balaban J connectivity index is 1.66. The van der Waals surface area contributed by atoms with Crippen LogP contribution in [-0.2, 0) is 17.6 Å². The van der Waals surface area contributed by atoms with Gasteiger partial charge in [-0.3, -0.25) is 9.53 Å². The predicted octanol–water partition coefficient (Wildman–Crippen LogP) is 1.66. The van der Waals surface area contributed by atoms with E-state index in [1.165, 1.54) is 29.8 Å². The molecule has 0 saturated heterocycles. The van der Waals surface area contributed by atoms with Crippen molar-refractivity contribution in [3.8, 4) is 0 Å². The number of amides is 2. The van der Waals surface area contributed by atoms with Crippen LogP contribution in [0, 0.1) is 5.82 Å². The third kappa shape index (κ3) is 5.06. The van der Waals surface area contributed by atoms with Crippen molar-refractivity contribution >= 4 is 33.6 Å². The van der Waals surface area contributed by atoms with E-state index < -0.39 is 33.9 Å². The van der Waals surface area contributed by atoms with Crippen molar-refractivity contribution in [2.24, 2.45) is 0 Å². The van der Waals surface area contributed by atoms with Gasteiger partial charge in [-0.15, -0.1) is 11.3 Å². The summed E-state index contributed by atoms with van der Waals surface area (Å²) in [6.45, 7) is 0.109. The maximum atomic E-state index is 13.1. The molecular weight excluding hydrogens is 409 g/mol. The SMILES string of the molecule is O=C(NCc1cccc(F)c1)Nc1nc(C(c2cnc(=O)[nH]c2)S(=O)[O-])cs1. The zero-order chi connectivity index (χ0) is 20.1. The van der Waals surface area contributed by atoms with Crippen LogP contribution in [0.4, 0.5) is 14.3 Å². The Morgan fingerprint density at radius 3 is 2.93 bits per heavy atom. The van der Waals surface area contributed by atoms with Crippen molar-refractivity contribution in [2.75, 3.05) is 5.32 Å². The zero-order valence-electron chi connectivity index (χ0n) is 14.0. The molecule has 12 heteroatoms. The Bertz CT molecular complexity index is 1050. The number of aromatic amines is 1. The van der Waals surface area contributed by atoms with Crippen LogP contribution in [-0.4, -0.2) is 29.7 Å². The highest BCUT2D eigenvalue weighted by Gasteiger charge is 2.20. The first kappa shape index (κ1) is 19.8. The van der Waals surface area contributed by atoms with E-state index in [1.54, 1.807) is 6.07 Å². The van der Waals surface area contributed by atoms with Gasteiger partial charge in [0.2, 0.25) is 0 Å². The van der Waals surface area contributed by atoms with E-state index in [0.29, 0.717) is 5.56 Å². The van der Waals surface area contributed by atoms with Gasteiger partial charge in [0.25, 0.3) is 0 Å². The molecule has 2 atom stereocenters. The molecule has 2 amide bonds. The molecule has 146 valence electrons. The first-order valence-corrected chi connectivity index (χ1v) is 9.81. The number of urea groups is 1. The average Bonchev–Trinajstić information content (AvgIpc) is 3.09. The van der Waals surface area contributed by atoms with Crippen molar-refractivity contribution < 1.29 is 17.9 Å². The summed E-state index contributed by atoms with van der Waals surface area (Å²) in [5, 5.41) is 5.56. The van der Waals surface area contributed by atoms with E-state index in [-0.39, 0.29) is 22.9 Å². The highest BCUT2D eigenvalue weighted by molar-refractivity contribution is 7.79. The quantitative estimate of drug-likeness (QED) is 0.516. The number of benzene rings is 1. The molecule has 0 aliphatic heterocycles. The lowest BCUT2D eigenvalue weighted by Crippen LogP contribution is -2.28. The third-order valence-corrected chi connectivity index (χ3v) is 5.22. The normalized spacial score (nSPS) is 12.9. The molecule has 0 saturated carbocycles. The molecule has 9 nitrogen and oxygen atoms in total. The summed E-state index contributed by atoms with van der Waals surface area (Å²) in [7, 11) is 0. The Morgan fingerprint density at radius 2 is 2.25 bits per heavy atom. The van der Waals surface area contributed by atoms with E-state index in [0.717, 1.165) is 17.5 Å².